The van der Waals surface area contributed by atoms with Crippen LogP contribution in [0.1, 0.15) is 5.56 Å². The number of aromatic nitrogens is 1. The van der Waals surface area contributed by atoms with Crippen LogP contribution in [0.2, 0.25) is 0 Å². The van der Waals surface area contributed by atoms with E-state index in [-0.39, 0.29) is 5.46 Å². The average molecular weight is 261 g/mol. The molecule has 2 aromatic rings. The molecular formula is C13H13BFNO3. The molecule has 1 heterocycles. The third-order valence-corrected chi connectivity index (χ3v) is 2.66. The summed E-state index contributed by atoms with van der Waals surface area (Å²) in [7, 11) is -1.81. The van der Waals surface area contributed by atoms with E-state index in [0.717, 1.165) is 11.6 Å². The van der Waals surface area contributed by atoms with Crippen LogP contribution in [0.25, 0.3) is 0 Å². The second-order valence-corrected chi connectivity index (χ2v) is 4.01. The van der Waals surface area contributed by atoms with Gasteiger partial charge in [-0.2, -0.15) is 0 Å². The first kappa shape index (κ1) is 13.5. The molecule has 0 spiro atoms. The number of nitrogens with zero attached hydrogens (tertiary/aromatic N) is 1. The number of hydrogen-bond donors (Lipinski definition) is 2. The fraction of sp³-hybridized carbons (Fsp3) is 0.154. The molecule has 4 nitrogen and oxygen atoms in total. The zero-order chi connectivity index (χ0) is 13.7. The SMILES string of the molecule is OB(O)c1ccc(OCCc2ccncc2)cc1F. The van der Waals surface area contributed by atoms with Crippen molar-refractivity contribution >= 4 is 12.6 Å². The highest BCUT2D eigenvalue weighted by molar-refractivity contribution is 6.58. The molecule has 0 amide bonds. The molecule has 0 aliphatic rings. The second kappa shape index (κ2) is 6.31. The predicted octanol–water partition coefficient (Wildman–Crippen LogP) is 0.522. The predicted molar refractivity (Wildman–Crippen MR) is 69.7 cm³/mol. The molecule has 0 fully saturated rings. The third-order valence-electron chi connectivity index (χ3n) is 2.66. The smallest absolute Gasteiger partial charge is 0.491 e. The van der Waals surface area contributed by atoms with Crippen molar-refractivity contribution in [1.82, 2.24) is 4.98 Å². The van der Waals surface area contributed by atoms with Gasteiger partial charge in [0.1, 0.15) is 11.6 Å². The Bertz CT molecular complexity index is 537. The summed E-state index contributed by atoms with van der Waals surface area (Å²) in [5.41, 5.74) is 0.916. The highest BCUT2D eigenvalue weighted by atomic mass is 19.1. The lowest BCUT2D eigenvalue weighted by atomic mass is 9.80. The molecule has 0 bridgehead atoms. The van der Waals surface area contributed by atoms with Gasteiger partial charge in [-0.15, -0.1) is 0 Å². The molecule has 1 aromatic carbocycles. The number of pyridine rings is 1. The van der Waals surface area contributed by atoms with Crippen LogP contribution in [0.4, 0.5) is 4.39 Å². The normalized spacial score (nSPS) is 10.3. The zero-order valence-corrected chi connectivity index (χ0v) is 10.2. The van der Waals surface area contributed by atoms with Gasteiger partial charge in [0.05, 0.1) is 6.61 Å². The topological polar surface area (TPSA) is 62.6 Å². The molecule has 6 heteroatoms. The molecule has 0 atom stereocenters. The average Bonchev–Trinajstić information content (AvgIpc) is 2.39. The summed E-state index contributed by atoms with van der Waals surface area (Å²) in [6.45, 7) is 0.407. The molecule has 2 rings (SSSR count). The van der Waals surface area contributed by atoms with Crippen molar-refractivity contribution in [1.29, 1.82) is 0 Å². The summed E-state index contributed by atoms with van der Waals surface area (Å²) in [6.07, 6.45) is 4.09. The van der Waals surface area contributed by atoms with Crippen molar-refractivity contribution in [2.75, 3.05) is 6.61 Å². The van der Waals surface area contributed by atoms with Crippen LogP contribution in [-0.4, -0.2) is 28.8 Å². The van der Waals surface area contributed by atoms with Gasteiger partial charge in [0.15, 0.2) is 0 Å². The van der Waals surface area contributed by atoms with Crippen molar-refractivity contribution < 1.29 is 19.2 Å². The van der Waals surface area contributed by atoms with Crippen LogP contribution in [0.5, 0.6) is 5.75 Å². The number of benzene rings is 1. The number of halogens is 1. The van der Waals surface area contributed by atoms with Gasteiger partial charge in [0, 0.05) is 30.3 Å². The van der Waals surface area contributed by atoms with Crippen molar-refractivity contribution in [3.8, 4) is 5.75 Å². The summed E-state index contributed by atoms with van der Waals surface area (Å²) in [6, 6.07) is 7.71. The molecule has 98 valence electrons. The van der Waals surface area contributed by atoms with E-state index in [2.05, 4.69) is 4.98 Å². The molecule has 0 saturated carbocycles. The summed E-state index contributed by atoms with van der Waals surface area (Å²) in [5, 5.41) is 17.8. The lowest BCUT2D eigenvalue weighted by Gasteiger charge is -2.08. The number of hydrogen-bond acceptors (Lipinski definition) is 4. The molecular weight excluding hydrogens is 248 g/mol. The van der Waals surface area contributed by atoms with Crippen LogP contribution in [-0.2, 0) is 6.42 Å². The summed E-state index contributed by atoms with van der Waals surface area (Å²) >= 11 is 0. The Morgan fingerprint density at radius 2 is 1.89 bits per heavy atom. The van der Waals surface area contributed by atoms with Gasteiger partial charge < -0.3 is 14.8 Å². The molecule has 0 saturated heterocycles. The van der Waals surface area contributed by atoms with Gasteiger partial charge >= 0.3 is 7.12 Å². The van der Waals surface area contributed by atoms with E-state index < -0.39 is 12.9 Å². The highest BCUT2D eigenvalue weighted by Crippen LogP contribution is 2.11. The van der Waals surface area contributed by atoms with Crippen LogP contribution >= 0.6 is 0 Å². The van der Waals surface area contributed by atoms with Gasteiger partial charge in [-0.1, -0.05) is 6.07 Å². The third kappa shape index (κ3) is 3.77. The summed E-state index contributed by atoms with van der Waals surface area (Å²) in [4.78, 5) is 3.91. The highest BCUT2D eigenvalue weighted by Gasteiger charge is 2.16. The van der Waals surface area contributed by atoms with Crippen LogP contribution < -0.4 is 10.2 Å². The van der Waals surface area contributed by atoms with E-state index in [1.807, 2.05) is 12.1 Å². The van der Waals surface area contributed by atoms with Gasteiger partial charge in [-0.25, -0.2) is 4.39 Å². The van der Waals surface area contributed by atoms with Crippen LogP contribution in [0.3, 0.4) is 0 Å². The minimum absolute atomic E-state index is 0.165. The minimum atomic E-state index is -1.81. The second-order valence-electron chi connectivity index (χ2n) is 4.01. The fourth-order valence-corrected chi connectivity index (χ4v) is 1.64. The molecule has 0 aliphatic heterocycles. The van der Waals surface area contributed by atoms with Gasteiger partial charge in [0.2, 0.25) is 0 Å². The monoisotopic (exact) mass is 261 g/mol. The Balaban J connectivity index is 1.92. The Morgan fingerprint density at radius 1 is 1.16 bits per heavy atom. The molecule has 0 aliphatic carbocycles. The maximum Gasteiger partial charge on any atom is 0.491 e. The molecule has 1 aromatic heterocycles. The lowest BCUT2D eigenvalue weighted by molar-refractivity contribution is 0.320. The molecule has 19 heavy (non-hydrogen) atoms. The van der Waals surface area contributed by atoms with Crippen molar-refractivity contribution in [3.05, 3.63) is 54.1 Å². The lowest BCUT2D eigenvalue weighted by Crippen LogP contribution is -2.32. The maximum atomic E-state index is 13.4. The Labute approximate surface area is 110 Å². The van der Waals surface area contributed by atoms with Crippen molar-refractivity contribution in [2.45, 2.75) is 6.42 Å². The van der Waals surface area contributed by atoms with E-state index in [0.29, 0.717) is 18.8 Å². The van der Waals surface area contributed by atoms with Gasteiger partial charge in [-0.05, 0) is 23.8 Å². The van der Waals surface area contributed by atoms with Crippen molar-refractivity contribution in [2.24, 2.45) is 0 Å². The molecule has 0 radical (unpaired) electrons. The Hall–Kier alpha value is -1.92. The fourth-order valence-electron chi connectivity index (χ4n) is 1.64. The minimum Gasteiger partial charge on any atom is -0.493 e. The molecule has 2 N–H and O–H groups in total. The standard InChI is InChI=1S/C13H13BFNO3/c15-13-9-11(1-2-12(13)14(17)18)19-8-5-10-3-6-16-7-4-10/h1-4,6-7,9,17-18H,5,8H2. The Morgan fingerprint density at radius 3 is 2.53 bits per heavy atom. The first-order valence-electron chi connectivity index (χ1n) is 5.84. The summed E-state index contributed by atoms with van der Waals surface area (Å²) < 4.78 is 18.8. The van der Waals surface area contributed by atoms with E-state index in [1.165, 1.54) is 12.1 Å². The largest absolute Gasteiger partial charge is 0.493 e. The van der Waals surface area contributed by atoms with E-state index >= 15 is 0 Å². The molecule has 0 unspecified atom stereocenters. The van der Waals surface area contributed by atoms with Crippen LogP contribution in [0.15, 0.2) is 42.7 Å². The van der Waals surface area contributed by atoms with Crippen molar-refractivity contribution in [3.63, 3.8) is 0 Å². The summed E-state index contributed by atoms with van der Waals surface area (Å²) in [5.74, 6) is -0.340. The first-order valence-corrected chi connectivity index (χ1v) is 5.84. The van der Waals surface area contributed by atoms with Crippen LogP contribution in [0, 0.1) is 5.82 Å². The Kier molecular flexibility index (Phi) is 4.49. The van der Waals surface area contributed by atoms with E-state index in [9.17, 15) is 4.39 Å². The first-order chi connectivity index (χ1) is 9.16. The van der Waals surface area contributed by atoms with Gasteiger partial charge in [0.25, 0.3) is 0 Å². The maximum absolute atomic E-state index is 13.4. The van der Waals surface area contributed by atoms with E-state index in [1.54, 1.807) is 12.4 Å². The number of ether oxygens (including phenoxy) is 1. The quantitative estimate of drug-likeness (QED) is 0.770. The van der Waals surface area contributed by atoms with E-state index in [4.69, 9.17) is 14.8 Å². The van der Waals surface area contributed by atoms with Gasteiger partial charge in [-0.3, -0.25) is 4.98 Å². The number of rotatable bonds is 5. The zero-order valence-electron chi connectivity index (χ0n) is 10.2.